The minimum absolute atomic E-state index is 0.342. The Balaban J connectivity index is 1.65. The summed E-state index contributed by atoms with van der Waals surface area (Å²) in [5, 5.41) is 3.26. The van der Waals surface area contributed by atoms with Crippen LogP contribution in [0.1, 0.15) is 31.4 Å². The number of imidazole rings is 1. The third kappa shape index (κ3) is 3.30. The number of ether oxygens (including phenoxy) is 1. The molecule has 20 heavy (non-hydrogen) atoms. The molecule has 2 aromatic rings. The van der Waals surface area contributed by atoms with Gasteiger partial charge in [0, 0.05) is 18.5 Å². The standard InChI is InChI=1S/C14H17BrN4O/c15-12-8-18-14(17-7-10-6-16-9-19-10)5-13(12)20-11-3-1-2-4-11/h5-6,8-9,11H,1-4,7H2,(H,16,19)(H,17,18). The summed E-state index contributed by atoms with van der Waals surface area (Å²) in [6.07, 6.45) is 10.4. The number of pyridine rings is 1. The van der Waals surface area contributed by atoms with Crippen LogP contribution in [0.4, 0.5) is 5.82 Å². The van der Waals surface area contributed by atoms with Crippen LogP contribution in [0, 0.1) is 0 Å². The van der Waals surface area contributed by atoms with Gasteiger partial charge in [-0.2, -0.15) is 0 Å². The minimum Gasteiger partial charge on any atom is -0.489 e. The Morgan fingerprint density at radius 3 is 2.95 bits per heavy atom. The quantitative estimate of drug-likeness (QED) is 0.877. The van der Waals surface area contributed by atoms with Gasteiger partial charge < -0.3 is 15.0 Å². The number of nitrogens with zero attached hydrogens (tertiary/aromatic N) is 2. The van der Waals surface area contributed by atoms with E-state index < -0.39 is 0 Å². The number of aromatic amines is 1. The first-order valence-electron chi connectivity index (χ1n) is 6.84. The average molecular weight is 337 g/mol. The van der Waals surface area contributed by atoms with E-state index in [1.807, 2.05) is 6.07 Å². The summed E-state index contributed by atoms with van der Waals surface area (Å²) in [6.45, 7) is 0.664. The molecule has 1 aliphatic carbocycles. The molecule has 6 heteroatoms. The highest BCUT2D eigenvalue weighted by molar-refractivity contribution is 9.10. The second-order valence-corrected chi connectivity index (χ2v) is 5.81. The molecule has 0 saturated heterocycles. The fraction of sp³-hybridized carbons (Fsp3) is 0.429. The molecule has 0 bridgehead atoms. The maximum atomic E-state index is 6.04. The van der Waals surface area contributed by atoms with Crippen molar-refractivity contribution in [3.05, 3.63) is 35.0 Å². The van der Waals surface area contributed by atoms with Gasteiger partial charge in [-0.25, -0.2) is 9.97 Å². The highest BCUT2D eigenvalue weighted by Crippen LogP contribution is 2.31. The van der Waals surface area contributed by atoms with Crippen LogP contribution in [-0.2, 0) is 6.54 Å². The molecule has 2 heterocycles. The lowest BCUT2D eigenvalue weighted by Gasteiger charge is -2.15. The second-order valence-electron chi connectivity index (χ2n) is 4.95. The molecule has 2 aromatic heterocycles. The SMILES string of the molecule is Brc1cnc(NCc2cnc[nH]2)cc1OC1CCCC1. The number of aromatic nitrogens is 3. The van der Waals surface area contributed by atoms with E-state index in [1.165, 1.54) is 12.8 Å². The minimum atomic E-state index is 0.342. The predicted molar refractivity (Wildman–Crippen MR) is 80.7 cm³/mol. The zero-order valence-corrected chi connectivity index (χ0v) is 12.7. The summed E-state index contributed by atoms with van der Waals surface area (Å²) in [7, 11) is 0. The van der Waals surface area contributed by atoms with E-state index in [9.17, 15) is 0 Å². The predicted octanol–water partition coefficient (Wildman–Crippen LogP) is 3.50. The van der Waals surface area contributed by atoms with Gasteiger partial charge in [0.05, 0.1) is 29.1 Å². The van der Waals surface area contributed by atoms with Gasteiger partial charge in [0.1, 0.15) is 11.6 Å². The Morgan fingerprint density at radius 2 is 2.20 bits per heavy atom. The number of rotatable bonds is 5. The van der Waals surface area contributed by atoms with Crippen molar-refractivity contribution < 1.29 is 4.74 Å². The maximum Gasteiger partial charge on any atom is 0.139 e. The van der Waals surface area contributed by atoms with E-state index in [4.69, 9.17) is 4.74 Å². The molecular formula is C14H17BrN4O. The number of hydrogen-bond acceptors (Lipinski definition) is 4. The topological polar surface area (TPSA) is 62.8 Å². The molecule has 0 aromatic carbocycles. The van der Waals surface area contributed by atoms with Crippen LogP contribution in [0.15, 0.2) is 29.3 Å². The van der Waals surface area contributed by atoms with Crippen molar-refractivity contribution in [1.82, 2.24) is 15.0 Å². The maximum absolute atomic E-state index is 6.04. The lowest BCUT2D eigenvalue weighted by molar-refractivity contribution is 0.208. The largest absolute Gasteiger partial charge is 0.489 e. The molecule has 1 saturated carbocycles. The second kappa shape index (κ2) is 6.26. The van der Waals surface area contributed by atoms with Crippen molar-refractivity contribution in [2.75, 3.05) is 5.32 Å². The monoisotopic (exact) mass is 336 g/mol. The number of H-pyrrole nitrogens is 1. The Kier molecular flexibility index (Phi) is 4.20. The van der Waals surface area contributed by atoms with Crippen LogP contribution >= 0.6 is 15.9 Å². The van der Waals surface area contributed by atoms with E-state index >= 15 is 0 Å². The van der Waals surface area contributed by atoms with Crippen molar-refractivity contribution in [3.8, 4) is 5.75 Å². The van der Waals surface area contributed by atoms with Crippen molar-refractivity contribution in [2.45, 2.75) is 38.3 Å². The van der Waals surface area contributed by atoms with Crippen LogP contribution in [0.5, 0.6) is 5.75 Å². The summed E-state index contributed by atoms with van der Waals surface area (Å²) < 4.78 is 6.94. The van der Waals surface area contributed by atoms with E-state index in [0.717, 1.165) is 34.6 Å². The molecular weight excluding hydrogens is 320 g/mol. The number of halogens is 1. The van der Waals surface area contributed by atoms with Gasteiger partial charge >= 0.3 is 0 Å². The third-order valence-corrected chi connectivity index (χ3v) is 4.03. The lowest BCUT2D eigenvalue weighted by atomic mass is 10.3. The summed E-state index contributed by atoms with van der Waals surface area (Å²) in [6, 6.07) is 1.94. The Hall–Kier alpha value is -1.56. The third-order valence-electron chi connectivity index (χ3n) is 3.43. The average Bonchev–Trinajstić information content (AvgIpc) is 3.12. The summed E-state index contributed by atoms with van der Waals surface area (Å²) in [4.78, 5) is 11.4. The molecule has 0 spiro atoms. The first kappa shape index (κ1) is 13.4. The van der Waals surface area contributed by atoms with E-state index in [0.29, 0.717) is 12.6 Å². The van der Waals surface area contributed by atoms with Crippen molar-refractivity contribution >= 4 is 21.7 Å². The fourth-order valence-corrected chi connectivity index (χ4v) is 2.67. The normalized spacial score (nSPS) is 15.4. The Labute approximate surface area is 126 Å². The molecule has 0 radical (unpaired) electrons. The van der Waals surface area contributed by atoms with Gasteiger partial charge in [-0.05, 0) is 41.6 Å². The highest BCUT2D eigenvalue weighted by Gasteiger charge is 2.18. The molecule has 0 amide bonds. The van der Waals surface area contributed by atoms with Gasteiger partial charge in [0.15, 0.2) is 0 Å². The molecule has 1 aliphatic rings. The van der Waals surface area contributed by atoms with E-state index in [-0.39, 0.29) is 0 Å². The van der Waals surface area contributed by atoms with E-state index in [1.54, 1.807) is 18.7 Å². The molecule has 3 rings (SSSR count). The van der Waals surface area contributed by atoms with Crippen LogP contribution in [0.3, 0.4) is 0 Å². The lowest BCUT2D eigenvalue weighted by Crippen LogP contribution is -2.12. The van der Waals surface area contributed by atoms with Gasteiger partial charge in [-0.15, -0.1) is 0 Å². The molecule has 5 nitrogen and oxygen atoms in total. The molecule has 0 unspecified atom stereocenters. The zero-order chi connectivity index (χ0) is 13.8. The van der Waals surface area contributed by atoms with Crippen molar-refractivity contribution in [2.24, 2.45) is 0 Å². The van der Waals surface area contributed by atoms with Gasteiger partial charge in [0.2, 0.25) is 0 Å². The Bertz CT molecular complexity index is 552. The van der Waals surface area contributed by atoms with Crippen molar-refractivity contribution in [1.29, 1.82) is 0 Å². The molecule has 2 N–H and O–H groups in total. The summed E-state index contributed by atoms with van der Waals surface area (Å²) in [5.41, 5.74) is 1.02. The number of hydrogen-bond donors (Lipinski definition) is 2. The zero-order valence-electron chi connectivity index (χ0n) is 11.1. The van der Waals surface area contributed by atoms with Crippen LogP contribution in [0.2, 0.25) is 0 Å². The first-order chi connectivity index (χ1) is 9.81. The first-order valence-corrected chi connectivity index (χ1v) is 7.64. The molecule has 106 valence electrons. The molecule has 0 aliphatic heterocycles. The summed E-state index contributed by atoms with van der Waals surface area (Å²) >= 11 is 3.50. The number of anilines is 1. The van der Waals surface area contributed by atoms with Crippen LogP contribution < -0.4 is 10.1 Å². The fourth-order valence-electron chi connectivity index (χ4n) is 2.36. The highest BCUT2D eigenvalue weighted by atomic mass is 79.9. The Morgan fingerprint density at radius 1 is 1.35 bits per heavy atom. The van der Waals surface area contributed by atoms with E-state index in [2.05, 4.69) is 36.2 Å². The number of nitrogens with one attached hydrogen (secondary N) is 2. The molecule has 0 atom stereocenters. The van der Waals surface area contributed by atoms with Gasteiger partial charge in [-0.3, -0.25) is 0 Å². The van der Waals surface area contributed by atoms with Gasteiger partial charge in [0.25, 0.3) is 0 Å². The molecule has 1 fully saturated rings. The smallest absolute Gasteiger partial charge is 0.139 e. The summed E-state index contributed by atoms with van der Waals surface area (Å²) in [5.74, 6) is 1.66. The van der Waals surface area contributed by atoms with Gasteiger partial charge in [-0.1, -0.05) is 0 Å². The van der Waals surface area contributed by atoms with Crippen molar-refractivity contribution in [3.63, 3.8) is 0 Å². The van der Waals surface area contributed by atoms with Crippen LogP contribution in [-0.4, -0.2) is 21.1 Å². The van der Waals surface area contributed by atoms with Crippen LogP contribution in [0.25, 0.3) is 0 Å².